The van der Waals surface area contributed by atoms with E-state index < -0.39 is 0 Å². The number of carbonyl (C=O) groups is 1. The van der Waals surface area contributed by atoms with Crippen LogP contribution in [0.3, 0.4) is 0 Å². The summed E-state index contributed by atoms with van der Waals surface area (Å²) in [5, 5.41) is 3.39. The van der Waals surface area contributed by atoms with Crippen LogP contribution in [0.2, 0.25) is 0 Å². The molecule has 0 radical (unpaired) electrons. The van der Waals surface area contributed by atoms with E-state index in [1.165, 1.54) is 11.3 Å². The number of hydrogen-bond acceptors (Lipinski definition) is 5. The molecule has 0 aliphatic heterocycles. The quantitative estimate of drug-likeness (QED) is 0.788. The van der Waals surface area contributed by atoms with Crippen LogP contribution in [0.5, 0.6) is 5.75 Å². The minimum absolute atomic E-state index is 0.193. The van der Waals surface area contributed by atoms with Gasteiger partial charge in [-0.2, -0.15) is 4.98 Å². The van der Waals surface area contributed by atoms with Crippen LogP contribution < -0.4 is 10.1 Å². The predicted molar refractivity (Wildman–Crippen MR) is 92.5 cm³/mol. The molecule has 0 atom stereocenters. The fourth-order valence-corrected chi connectivity index (χ4v) is 3.19. The maximum Gasteiger partial charge on any atom is 0.257 e. The van der Waals surface area contributed by atoms with Gasteiger partial charge in [0.2, 0.25) is 0 Å². The van der Waals surface area contributed by atoms with Gasteiger partial charge in [0.15, 0.2) is 10.8 Å². The highest BCUT2D eigenvalue weighted by molar-refractivity contribution is 7.22. The molecule has 0 saturated carbocycles. The molecule has 0 saturated heterocycles. The molecule has 2 aromatic heterocycles. The van der Waals surface area contributed by atoms with Gasteiger partial charge < -0.3 is 4.74 Å². The topological polar surface area (TPSA) is 64.1 Å². The van der Waals surface area contributed by atoms with Gasteiger partial charge in [-0.15, -0.1) is 0 Å². The molecule has 0 fully saturated rings. The average Bonchev–Trinajstić information content (AvgIpc) is 2.91. The number of ether oxygens (including phenoxy) is 1. The summed E-state index contributed by atoms with van der Waals surface area (Å²) in [5.74, 6) is 0.556. The van der Waals surface area contributed by atoms with Gasteiger partial charge in [-0.3, -0.25) is 10.1 Å². The second-order valence-corrected chi connectivity index (χ2v) is 6.16. The highest BCUT2D eigenvalue weighted by Gasteiger charge is 2.12. The third-order valence-corrected chi connectivity index (χ3v) is 4.42. The molecule has 118 valence electrons. The van der Waals surface area contributed by atoms with Gasteiger partial charge in [-0.05, 0) is 56.7 Å². The van der Waals surface area contributed by atoms with E-state index in [9.17, 15) is 4.79 Å². The molecule has 5 nitrogen and oxygen atoms in total. The van der Waals surface area contributed by atoms with Crippen molar-refractivity contribution in [2.75, 3.05) is 11.9 Å². The Hall–Kier alpha value is -2.47. The van der Waals surface area contributed by atoms with Gasteiger partial charge in [0.1, 0.15) is 5.75 Å². The molecule has 1 aromatic carbocycles. The maximum absolute atomic E-state index is 12.3. The maximum atomic E-state index is 12.3. The SMILES string of the molecule is CCOc1ccc(C(=O)Nc2nc3nc(C)cc(C)c3s2)cc1. The average molecular weight is 327 g/mol. The molecular weight excluding hydrogens is 310 g/mol. The number of anilines is 1. The van der Waals surface area contributed by atoms with Gasteiger partial charge in [0, 0.05) is 11.3 Å². The van der Waals surface area contributed by atoms with Crippen LogP contribution in [0, 0.1) is 13.8 Å². The normalized spacial score (nSPS) is 10.7. The van der Waals surface area contributed by atoms with Crippen LogP contribution in [0.15, 0.2) is 30.3 Å². The number of hydrogen-bond donors (Lipinski definition) is 1. The molecule has 23 heavy (non-hydrogen) atoms. The van der Waals surface area contributed by atoms with Crippen LogP contribution in [-0.4, -0.2) is 22.5 Å². The van der Waals surface area contributed by atoms with Crippen molar-refractivity contribution < 1.29 is 9.53 Å². The number of fused-ring (bicyclic) bond motifs is 1. The first-order chi connectivity index (χ1) is 11.1. The first-order valence-corrected chi connectivity index (χ1v) is 8.17. The summed E-state index contributed by atoms with van der Waals surface area (Å²) in [5.41, 5.74) is 3.28. The van der Waals surface area contributed by atoms with E-state index in [2.05, 4.69) is 15.3 Å². The Kier molecular flexibility index (Phi) is 4.25. The van der Waals surface area contributed by atoms with Crippen molar-refractivity contribution in [3.05, 3.63) is 47.2 Å². The molecule has 1 amide bonds. The zero-order valence-corrected chi connectivity index (χ0v) is 14.0. The summed E-state index contributed by atoms with van der Waals surface area (Å²) in [6.45, 7) is 6.48. The van der Waals surface area contributed by atoms with Crippen molar-refractivity contribution in [1.82, 2.24) is 9.97 Å². The molecule has 0 aliphatic rings. The van der Waals surface area contributed by atoms with Crippen molar-refractivity contribution in [2.45, 2.75) is 20.8 Å². The first kappa shape index (κ1) is 15.4. The number of rotatable bonds is 4. The second-order valence-electron chi connectivity index (χ2n) is 5.16. The number of benzene rings is 1. The molecule has 0 bridgehead atoms. The molecular formula is C17H17N3O2S. The second kappa shape index (κ2) is 6.34. The zero-order valence-electron chi connectivity index (χ0n) is 13.2. The van der Waals surface area contributed by atoms with E-state index >= 15 is 0 Å². The van der Waals surface area contributed by atoms with Gasteiger partial charge in [-0.25, -0.2) is 4.98 Å². The summed E-state index contributed by atoms with van der Waals surface area (Å²) in [7, 11) is 0. The summed E-state index contributed by atoms with van der Waals surface area (Å²) in [6.07, 6.45) is 0. The van der Waals surface area contributed by atoms with Gasteiger partial charge in [-0.1, -0.05) is 11.3 Å². The highest BCUT2D eigenvalue weighted by Crippen LogP contribution is 2.28. The first-order valence-electron chi connectivity index (χ1n) is 7.36. The van der Waals surface area contributed by atoms with Gasteiger partial charge in [0.25, 0.3) is 5.91 Å². The number of amides is 1. The fraction of sp³-hybridized carbons (Fsp3) is 0.235. The molecule has 1 N–H and O–H groups in total. The van der Waals surface area contributed by atoms with Crippen molar-refractivity contribution in [3.63, 3.8) is 0 Å². The number of carbonyl (C=O) groups excluding carboxylic acids is 1. The van der Waals surface area contributed by atoms with Crippen LogP contribution in [0.25, 0.3) is 10.3 Å². The Morgan fingerprint density at radius 2 is 1.96 bits per heavy atom. The predicted octanol–water partition coefficient (Wildman–Crippen LogP) is 3.96. The lowest BCUT2D eigenvalue weighted by Gasteiger charge is -2.04. The summed E-state index contributed by atoms with van der Waals surface area (Å²) >= 11 is 1.44. The van der Waals surface area contributed by atoms with E-state index in [1.54, 1.807) is 24.3 Å². The van der Waals surface area contributed by atoms with Crippen molar-refractivity contribution in [2.24, 2.45) is 0 Å². The standard InChI is InChI=1S/C17H17N3O2S/c1-4-22-13-7-5-12(6-8-13)16(21)20-17-19-15-14(23-17)10(2)9-11(3)18-15/h5-9H,4H2,1-3H3,(H,18,19,20,21). The van der Waals surface area contributed by atoms with E-state index in [4.69, 9.17) is 4.74 Å². The summed E-state index contributed by atoms with van der Waals surface area (Å²) in [6, 6.07) is 9.05. The summed E-state index contributed by atoms with van der Waals surface area (Å²) < 4.78 is 6.37. The number of aryl methyl sites for hydroxylation is 2. The molecule has 0 unspecified atom stereocenters. The Labute approximate surface area is 138 Å². The zero-order chi connectivity index (χ0) is 16.4. The summed E-state index contributed by atoms with van der Waals surface area (Å²) in [4.78, 5) is 21.1. The fourth-order valence-electron chi connectivity index (χ4n) is 2.31. The minimum Gasteiger partial charge on any atom is -0.494 e. The minimum atomic E-state index is -0.193. The van der Waals surface area contributed by atoms with E-state index in [0.717, 1.165) is 21.7 Å². The molecule has 6 heteroatoms. The number of nitrogens with one attached hydrogen (secondary N) is 1. The van der Waals surface area contributed by atoms with Crippen LogP contribution >= 0.6 is 11.3 Å². The lowest BCUT2D eigenvalue weighted by molar-refractivity contribution is 0.102. The van der Waals surface area contributed by atoms with E-state index in [1.807, 2.05) is 26.8 Å². The molecule has 2 heterocycles. The van der Waals surface area contributed by atoms with E-state index in [-0.39, 0.29) is 5.91 Å². The van der Waals surface area contributed by atoms with E-state index in [0.29, 0.717) is 22.9 Å². The van der Waals surface area contributed by atoms with Crippen LogP contribution in [0.1, 0.15) is 28.5 Å². The molecule has 3 rings (SSSR count). The highest BCUT2D eigenvalue weighted by atomic mass is 32.1. The van der Waals surface area contributed by atoms with Crippen molar-refractivity contribution in [3.8, 4) is 5.75 Å². The Morgan fingerprint density at radius 1 is 1.22 bits per heavy atom. The monoisotopic (exact) mass is 327 g/mol. The lowest BCUT2D eigenvalue weighted by atomic mass is 10.2. The molecule has 0 spiro atoms. The molecule has 0 aliphatic carbocycles. The number of aromatic nitrogens is 2. The molecule has 3 aromatic rings. The van der Waals surface area contributed by atoms with Crippen LogP contribution in [-0.2, 0) is 0 Å². The smallest absolute Gasteiger partial charge is 0.257 e. The lowest BCUT2D eigenvalue weighted by Crippen LogP contribution is -2.11. The Balaban J connectivity index is 1.81. The largest absolute Gasteiger partial charge is 0.494 e. The third-order valence-electron chi connectivity index (χ3n) is 3.32. The van der Waals surface area contributed by atoms with Gasteiger partial charge in [0.05, 0.1) is 11.3 Å². The number of pyridine rings is 1. The van der Waals surface area contributed by atoms with Crippen molar-refractivity contribution in [1.29, 1.82) is 0 Å². The Morgan fingerprint density at radius 3 is 2.65 bits per heavy atom. The van der Waals surface area contributed by atoms with Crippen LogP contribution in [0.4, 0.5) is 5.13 Å². The van der Waals surface area contributed by atoms with Gasteiger partial charge >= 0.3 is 0 Å². The third kappa shape index (κ3) is 3.32. The number of thiazole rings is 1. The van der Waals surface area contributed by atoms with Crippen molar-refractivity contribution >= 4 is 32.7 Å². The number of nitrogens with zero attached hydrogens (tertiary/aromatic N) is 2. The Bertz CT molecular complexity index is 856.